The van der Waals surface area contributed by atoms with Crippen molar-refractivity contribution in [2.45, 2.75) is 27.3 Å². The first-order valence-electron chi connectivity index (χ1n) is 6.32. The summed E-state index contributed by atoms with van der Waals surface area (Å²) < 4.78 is 5.00. The van der Waals surface area contributed by atoms with Gasteiger partial charge in [0, 0.05) is 13.1 Å². The minimum Gasteiger partial charge on any atom is -0.345 e. The lowest BCUT2D eigenvalue weighted by molar-refractivity contribution is 0.379. The number of nitrogens with zero attached hydrogens (tertiary/aromatic N) is 6. The molecule has 2 aromatic rings. The third-order valence-electron chi connectivity index (χ3n) is 2.61. The summed E-state index contributed by atoms with van der Waals surface area (Å²) in [4.78, 5) is 18.5. The molecule has 2 rings (SSSR count). The van der Waals surface area contributed by atoms with Crippen molar-refractivity contribution in [1.29, 1.82) is 0 Å². The van der Waals surface area contributed by atoms with Crippen LogP contribution in [0.2, 0.25) is 5.28 Å². The molecule has 0 radical (unpaired) electrons. The number of aryl methyl sites for hydroxylation is 1. The number of aromatic nitrogens is 5. The Labute approximate surface area is 121 Å². The summed E-state index contributed by atoms with van der Waals surface area (Å²) in [5.74, 6) is 1.96. The quantitative estimate of drug-likeness (QED) is 0.860. The molecule has 0 aliphatic heterocycles. The van der Waals surface area contributed by atoms with Crippen molar-refractivity contribution in [3.05, 3.63) is 17.0 Å². The number of hydrogen-bond acceptors (Lipinski definition) is 8. The SMILES string of the molecule is CCN(CC)c1nc(Cl)nc(NCc2nc(C)no2)n1. The van der Waals surface area contributed by atoms with Gasteiger partial charge in [-0.2, -0.15) is 19.9 Å². The molecule has 0 fully saturated rings. The fourth-order valence-corrected chi connectivity index (χ4v) is 1.79. The van der Waals surface area contributed by atoms with Crippen LogP contribution in [-0.4, -0.2) is 38.2 Å². The summed E-state index contributed by atoms with van der Waals surface area (Å²) in [6.45, 7) is 7.72. The maximum absolute atomic E-state index is 5.91. The molecule has 2 heterocycles. The fourth-order valence-electron chi connectivity index (χ4n) is 1.63. The van der Waals surface area contributed by atoms with Gasteiger partial charge in [-0.05, 0) is 32.4 Å². The molecule has 108 valence electrons. The highest BCUT2D eigenvalue weighted by Gasteiger charge is 2.11. The van der Waals surface area contributed by atoms with Gasteiger partial charge in [0.1, 0.15) is 0 Å². The Kier molecular flexibility index (Phi) is 4.67. The lowest BCUT2D eigenvalue weighted by Crippen LogP contribution is -2.25. The van der Waals surface area contributed by atoms with Gasteiger partial charge in [0.2, 0.25) is 23.1 Å². The van der Waals surface area contributed by atoms with E-state index in [4.69, 9.17) is 16.1 Å². The molecular formula is C11H16ClN7O. The minimum atomic E-state index is 0.145. The highest BCUT2D eigenvalue weighted by Crippen LogP contribution is 2.14. The summed E-state index contributed by atoms with van der Waals surface area (Å²) in [5, 5.41) is 6.84. The molecule has 0 aromatic carbocycles. The van der Waals surface area contributed by atoms with Gasteiger partial charge >= 0.3 is 0 Å². The summed E-state index contributed by atoms with van der Waals surface area (Å²) in [7, 11) is 0. The minimum absolute atomic E-state index is 0.145. The van der Waals surface area contributed by atoms with E-state index in [0.29, 0.717) is 30.2 Å². The first kappa shape index (κ1) is 14.4. The van der Waals surface area contributed by atoms with Crippen LogP contribution in [0.15, 0.2) is 4.52 Å². The number of halogens is 1. The Morgan fingerprint density at radius 2 is 1.90 bits per heavy atom. The molecule has 2 aromatic heterocycles. The smallest absolute Gasteiger partial charge is 0.246 e. The van der Waals surface area contributed by atoms with Gasteiger partial charge in [-0.1, -0.05) is 5.16 Å². The van der Waals surface area contributed by atoms with Crippen LogP contribution in [0.1, 0.15) is 25.6 Å². The van der Waals surface area contributed by atoms with Crippen molar-refractivity contribution in [1.82, 2.24) is 25.1 Å². The van der Waals surface area contributed by atoms with E-state index in [1.165, 1.54) is 0 Å². The molecule has 0 saturated heterocycles. The number of rotatable bonds is 6. The van der Waals surface area contributed by atoms with Crippen LogP contribution in [0.3, 0.4) is 0 Å². The van der Waals surface area contributed by atoms with Gasteiger partial charge in [-0.15, -0.1) is 0 Å². The van der Waals surface area contributed by atoms with Gasteiger partial charge in [0.15, 0.2) is 5.82 Å². The van der Waals surface area contributed by atoms with Crippen LogP contribution < -0.4 is 10.2 Å². The summed E-state index contributed by atoms with van der Waals surface area (Å²) in [5.41, 5.74) is 0. The van der Waals surface area contributed by atoms with Crippen molar-refractivity contribution in [3.63, 3.8) is 0 Å². The van der Waals surface area contributed by atoms with Crippen molar-refractivity contribution in [3.8, 4) is 0 Å². The number of anilines is 2. The Morgan fingerprint density at radius 3 is 2.50 bits per heavy atom. The molecule has 0 saturated carbocycles. The normalized spacial score (nSPS) is 10.6. The molecule has 8 nitrogen and oxygen atoms in total. The molecule has 0 bridgehead atoms. The van der Waals surface area contributed by atoms with Gasteiger partial charge in [-0.3, -0.25) is 0 Å². The van der Waals surface area contributed by atoms with Crippen LogP contribution in [0.4, 0.5) is 11.9 Å². The van der Waals surface area contributed by atoms with E-state index >= 15 is 0 Å². The van der Waals surface area contributed by atoms with E-state index in [9.17, 15) is 0 Å². The number of nitrogens with one attached hydrogen (secondary N) is 1. The molecule has 0 atom stereocenters. The highest BCUT2D eigenvalue weighted by molar-refractivity contribution is 6.28. The van der Waals surface area contributed by atoms with Gasteiger partial charge < -0.3 is 14.7 Å². The molecule has 0 amide bonds. The van der Waals surface area contributed by atoms with Crippen LogP contribution in [0, 0.1) is 6.92 Å². The number of hydrogen-bond donors (Lipinski definition) is 1. The first-order valence-corrected chi connectivity index (χ1v) is 6.69. The largest absolute Gasteiger partial charge is 0.345 e. The molecule has 0 aliphatic rings. The predicted molar refractivity (Wildman–Crippen MR) is 74.8 cm³/mol. The highest BCUT2D eigenvalue weighted by atomic mass is 35.5. The molecule has 0 unspecified atom stereocenters. The maximum Gasteiger partial charge on any atom is 0.246 e. The molecule has 0 spiro atoms. The van der Waals surface area contributed by atoms with Crippen molar-refractivity contribution < 1.29 is 4.52 Å². The topological polar surface area (TPSA) is 92.9 Å². The van der Waals surface area contributed by atoms with Gasteiger partial charge in [0.05, 0.1) is 6.54 Å². The van der Waals surface area contributed by atoms with Crippen LogP contribution in [0.5, 0.6) is 0 Å². The zero-order valence-electron chi connectivity index (χ0n) is 11.6. The van der Waals surface area contributed by atoms with Crippen LogP contribution in [0.25, 0.3) is 0 Å². The maximum atomic E-state index is 5.91. The summed E-state index contributed by atoms with van der Waals surface area (Å²) in [6.07, 6.45) is 0. The Bertz CT molecular complexity index is 570. The van der Waals surface area contributed by atoms with Gasteiger partial charge in [0.25, 0.3) is 0 Å². The van der Waals surface area contributed by atoms with Crippen molar-refractivity contribution in [2.24, 2.45) is 0 Å². The van der Waals surface area contributed by atoms with E-state index < -0.39 is 0 Å². The monoisotopic (exact) mass is 297 g/mol. The third-order valence-corrected chi connectivity index (χ3v) is 2.78. The van der Waals surface area contributed by atoms with E-state index in [1.807, 2.05) is 18.7 Å². The Hall–Kier alpha value is -1.96. The Balaban J connectivity index is 2.11. The fraction of sp³-hybridized carbons (Fsp3) is 0.545. The zero-order chi connectivity index (χ0) is 14.5. The summed E-state index contributed by atoms with van der Waals surface area (Å²) in [6, 6.07) is 0. The average molecular weight is 298 g/mol. The second-order valence-electron chi connectivity index (χ2n) is 3.99. The predicted octanol–water partition coefficient (Wildman–Crippen LogP) is 1.67. The van der Waals surface area contributed by atoms with Crippen LogP contribution >= 0.6 is 11.6 Å². The Morgan fingerprint density at radius 1 is 1.15 bits per heavy atom. The molecule has 0 aliphatic carbocycles. The molecule has 1 N–H and O–H groups in total. The van der Waals surface area contributed by atoms with Crippen molar-refractivity contribution in [2.75, 3.05) is 23.3 Å². The van der Waals surface area contributed by atoms with E-state index in [-0.39, 0.29) is 5.28 Å². The molecule has 9 heteroatoms. The average Bonchev–Trinajstić information content (AvgIpc) is 2.83. The first-order chi connectivity index (χ1) is 9.62. The van der Waals surface area contributed by atoms with Crippen molar-refractivity contribution >= 4 is 23.5 Å². The molecule has 20 heavy (non-hydrogen) atoms. The van der Waals surface area contributed by atoms with E-state index in [0.717, 1.165) is 13.1 Å². The molecular weight excluding hydrogens is 282 g/mol. The van der Waals surface area contributed by atoms with E-state index in [2.05, 4.69) is 30.4 Å². The second-order valence-corrected chi connectivity index (χ2v) is 4.33. The standard InChI is InChI=1S/C11H16ClN7O/c1-4-19(5-2)11-16-9(12)15-10(17-11)13-6-8-14-7(3)18-20-8/h4-6H2,1-3H3,(H,13,15,16,17). The third kappa shape index (κ3) is 3.53. The van der Waals surface area contributed by atoms with E-state index in [1.54, 1.807) is 6.92 Å². The lowest BCUT2D eigenvalue weighted by atomic mass is 10.5. The summed E-state index contributed by atoms with van der Waals surface area (Å²) >= 11 is 5.91. The lowest BCUT2D eigenvalue weighted by Gasteiger charge is -2.18. The van der Waals surface area contributed by atoms with Crippen LogP contribution in [-0.2, 0) is 6.54 Å². The van der Waals surface area contributed by atoms with Gasteiger partial charge in [-0.25, -0.2) is 0 Å². The second kappa shape index (κ2) is 6.47. The zero-order valence-corrected chi connectivity index (χ0v) is 12.3.